The summed E-state index contributed by atoms with van der Waals surface area (Å²) in [5, 5.41) is 20.2. The first kappa shape index (κ1) is 17.6. The Balaban J connectivity index is 1.81. The molecule has 142 valence electrons. The number of aliphatic hydroxyl groups is 1. The van der Waals surface area contributed by atoms with Crippen LogP contribution in [0.5, 0.6) is 11.5 Å². The largest absolute Gasteiger partial charge is 0.454 e. The van der Waals surface area contributed by atoms with Crippen LogP contribution in [-0.2, 0) is 0 Å². The van der Waals surface area contributed by atoms with Crippen LogP contribution in [0, 0.1) is 0 Å². The van der Waals surface area contributed by atoms with Gasteiger partial charge in [-0.3, -0.25) is 5.32 Å². The third-order valence-corrected chi connectivity index (χ3v) is 4.87. The monoisotopic (exact) mass is 368 g/mol. The van der Waals surface area contributed by atoms with Gasteiger partial charge in [-0.05, 0) is 49.7 Å². The molecule has 2 aliphatic rings. The van der Waals surface area contributed by atoms with Gasteiger partial charge in [-0.15, -0.1) is 0 Å². The van der Waals surface area contributed by atoms with E-state index in [2.05, 4.69) is 12.2 Å². The maximum absolute atomic E-state index is 10.6. The van der Waals surface area contributed by atoms with Crippen LogP contribution < -0.4 is 20.5 Å². The van der Waals surface area contributed by atoms with E-state index in [0.717, 1.165) is 34.6 Å². The number of hydrogen-bond donors (Lipinski definition) is 3. The topological polar surface area (TPSA) is 92.3 Å². The summed E-state index contributed by atoms with van der Waals surface area (Å²) in [6, 6.07) is 11.4. The molecule has 0 fully saturated rings. The number of rotatable bonds is 5. The fourth-order valence-corrected chi connectivity index (χ4v) is 3.39. The molecule has 4 N–H and O–H groups in total. The van der Waals surface area contributed by atoms with Crippen molar-refractivity contribution in [1.29, 1.82) is 0 Å². The summed E-state index contributed by atoms with van der Waals surface area (Å²) in [7, 11) is 0. The Bertz CT molecular complexity index is 866. The van der Waals surface area contributed by atoms with E-state index in [1.54, 1.807) is 5.01 Å². The Labute approximate surface area is 158 Å². The number of hydrogen-bond acceptors (Lipinski definition) is 7. The molecule has 0 saturated heterocycles. The van der Waals surface area contributed by atoms with Gasteiger partial charge >= 0.3 is 0 Å². The molecule has 2 aromatic carbocycles. The lowest BCUT2D eigenvalue weighted by Crippen LogP contribution is -2.46. The predicted molar refractivity (Wildman–Crippen MR) is 104 cm³/mol. The van der Waals surface area contributed by atoms with Crippen molar-refractivity contribution < 1.29 is 14.6 Å². The average Bonchev–Trinajstić information content (AvgIpc) is 3.13. The predicted octanol–water partition coefficient (Wildman–Crippen LogP) is 2.40. The molecule has 2 unspecified atom stereocenters. The van der Waals surface area contributed by atoms with Crippen molar-refractivity contribution >= 4 is 11.4 Å². The first-order chi connectivity index (χ1) is 13.1. The van der Waals surface area contributed by atoms with Gasteiger partial charge in [0, 0.05) is 16.8 Å². The zero-order valence-corrected chi connectivity index (χ0v) is 15.5. The van der Waals surface area contributed by atoms with Gasteiger partial charge in [0.1, 0.15) is 0 Å². The fourth-order valence-electron chi connectivity index (χ4n) is 3.39. The van der Waals surface area contributed by atoms with Crippen molar-refractivity contribution in [2.75, 3.05) is 19.1 Å². The van der Waals surface area contributed by atoms with Gasteiger partial charge in [0.15, 0.2) is 17.9 Å². The summed E-state index contributed by atoms with van der Waals surface area (Å²) in [6.45, 7) is 4.98. The van der Waals surface area contributed by atoms with Crippen LogP contribution >= 0.6 is 0 Å². The van der Waals surface area contributed by atoms with Crippen LogP contribution in [0.2, 0.25) is 0 Å². The first-order valence-electron chi connectivity index (χ1n) is 9.16. The van der Waals surface area contributed by atoms with Crippen LogP contribution in [0.1, 0.15) is 43.0 Å². The number of fused-ring (bicyclic) bond motifs is 2. The van der Waals surface area contributed by atoms with E-state index in [9.17, 15) is 5.11 Å². The lowest BCUT2D eigenvalue weighted by Gasteiger charge is -2.36. The molecule has 2 aromatic rings. The third kappa shape index (κ3) is 3.20. The molecule has 0 amide bonds. The number of nitrogens with zero attached hydrogens (tertiary/aromatic N) is 2. The van der Waals surface area contributed by atoms with E-state index in [-0.39, 0.29) is 12.8 Å². The molecule has 2 heterocycles. The van der Waals surface area contributed by atoms with Gasteiger partial charge in [-0.25, -0.2) is 5.01 Å². The number of hydrazone groups is 1. The molecule has 4 rings (SSSR count). The molecule has 0 saturated carbocycles. The minimum Gasteiger partial charge on any atom is -0.454 e. The van der Waals surface area contributed by atoms with E-state index in [1.807, 2.05) is 43.3 Å². The molecule has 0 spiro atoms. The lowest BCUT2D eigenvalue weighted by molar-refractivity contribution is -0.0453. The van der Waals surface area contributed by atoms with Crippen molar-refractivity contribution in [3.8, 4) is 11.5 Å². The Morgan fingerprint density at radius 1 is 1.26 bits per heavy atom. The number of ether oxygens (including phenoxy) is 2. The van der Waals surface area contributed by atoms with Crippen molar-refractivity contribution in [2.45, 2.75) is 32.7 Å². The van der Waals surface area contributed by atoms with Crippen molar-refractivity contribution in [1.82, 2.24) is 10.3 Å². The van der Waals surface area contributed by atoms with Crippen molar-refractivity contribution in [2.24, 2.45) is 5.10 Å². The summed E-state index contributed by atoms with van der Waals surface area (Å²) < 4.78 is 11.1. The van der Waals surface area contributed by atoms with E-state index < -0.39 is 6.35 Å². The van der Waals surface area contributed by atoms with Crippen LogP contribution in [0.4, 0.5) is 5.69 Å². The molecule has 7 nitrogen and oxygen atoms in total. The van der Waals surface area contributed by atoms with E-state index in [1.165, 1.54) is 0 Å². The highest BCUT2D eigenvalue weighted by Gasteiger charge is 2.32. The second-order valence-corrected chi connectivity index (χ2v) is 6.75. The Morgan fingerprint density at radius 3 is 2.67 bits per heavy atom. The van der Waals surface area contributed by atoms with Crippen molar-refractivity contribution in [3.05, 3.63) is 53.1 Å². The summed E-state index contributed by atoms with van der Waals surface area (Å²) >= 11 is 0. The van der Waals surface area contributed by atoms with Gasteiger partial charge in [0.2, 0.25) is 6.79 Å². The summed E-state index contributed by atoms with van der Waals surface area (Å²) in [5.74, 6) is 1.43. The smallest absolute Gasteiger partial charge is 0.231 e. The van der Waals surface area contributed by atoms with Gasteiger partial charge in [-0.2, -0.15) is 5.10 Å². The SMILES string of the molecule is CCCNC(O)N1N=C(c2ccc(N)cc2)c2cc3c(cc2C1C)OCO3. The van der Waals surface area contributed by atoms with Gasteiger partial charge in [-0.1, -0.05) is 19.1 Å². The number of nitrogen functional groups attached to an aromatic ring is 1. The zero-order valence-electron chi connectivity index (χ0n) is 15.5. The van der Waals surface area contributed by atoms with Crippen LogP contribution in [0.25, 0.3) is 0 Å². The quantitative estimate of drug-likeness (QED) is 0.554. The average molecular weight is 368 g/mol. The molecular weight excluding hydrogens is 344 g/mol. The summed E-state index contributed by atoms with van der Waals surface area (Å²) in [5.41, 5.74) is 10.2. The zero-order chi connectivity index (χ0) is 19.0. The van der Waals surface area contributed by atoms with E-state index >= 15 is 0 Å². The Kier molecular flexibility index (Phi) is 4.63. The number of aliphatic hydroxyl groups excluding tert-OH is 1. The van der Waals surface area contributed by atoms with E-state index in [4.69, 9.17) is 20.3 Å². The number of benzene rings is 2. The first-order valence-corrected chi connectivity index (χ1v) is 9.16. The standard InChI is InChI=1S/C20H24N4O3/c1-3-8-22-20(25)24-12(2)15-9-17-18(27-11-26-17)10-16(15)19(23-24)13-4-6-14(21)7-5-13/h4-7,9-10,12,20,22,25H,3,8,11,21H2,1-2H3. The number of nitrogens with two attached hydrogens (primary N) is 1. The molecule has 2 atom stereocenters. The minimum atomic E-state index is -0.887. The molecule has 0 bridgehead atoms. The molecule has 27 heavy (non-hydrogen) atoms. The minimum absolute atomic E-state index is 0.133. The van der Waals surface area contributed by atoms with E-state index in [0.29, 0.717) is 18.0 Å². The highest BCUT2D eigenvalue weighted by atomic mass is 16.7. The highest BCUT2D eigenvalue weighted by molar-refractivity contribution is 6.14. The third-order valence-electron chi connectivity index (χ3n) is 4.87. The molecule has 0 aliphatic carbocycles. The number of anilines is 1. The summed E-state index contributed by atoms with van der Waals surface area (Å²) in [6.07, 6.45) is 0.0330. The van der Waals surface area contributed by atoms with Gasteiger partial charge in [0.25, 0.3) is 0 Å². The van der Waals surface area contributed by atoms with Crippen LogP contribution in [0.15, 0.2) is 41.5 Å². The van der Waals surface area contributed by atoms with Gasteiger partial charge in [0.05, 0.1) is 11.8 Å². The normalized spacial score (nSPS) is 18.9. The second kappa shape index (κ2) is 7.09. The highest BCUT2D eigenvalue weighted by Crippen LogP contribution is 2.41. The molecule has 2 aliphatic heterocycles. The molecule has 7 heteroatoms. The van der Waals surface area contributed by atoms with Crippen molar-refractivity contribution in [3.63, 3.8) is 0 Å². The van der Waals surface area contributed by atoms with Crippen LogP contribution in [0.3, 0.4) is 0 Å². The van der Waals surface area contributed by atoms with Gasteiger partial charge < -0.3 is 20.3 Å². The molecule has 0 aromatic heterocycles. The second-order valence-electron chi connectivity index (χ2n) is 6.75. The maximum Gasteiger partial charge on any atom is 0.231 e. The lowest BCUT2D eigenvalue weighted by atomic mass is 9.91. The maximum atomic E-state index is 10.6. The fraction of sp³-hybridized carbons (Fsp3) is 0.350. The Hall–Kier alpha value is -2.77. The Morgan fingerprint density at radius 2 is 1.96 bits per heavy atom. The molecule has 0 radical (unpaired) electrons. The number of nitrogens with one attached hydrogen (secondary N) is 1. The summed E-state index contributed by atoms with van der Waals surface area (Å²) in [4.78, 5) is 0. The van der Waals surface area contributed by atoms with Crippen LogP contribution in [-0.4, -0.2) is 35.5 Å². The molecular formula is C20H24N4O3.